The third-order valence-corrected chi connectivity index (χ3v) is 5.93. The number of halogens is 2. The van der Waals surface area contributed by atoms with Crippen molar-refractivity contribution in [2.45, 2.75) is 70.6 Å². The highest BCUT2D eigenvalue weighted by atomic mass is 35.5. The Hall–Kier alpha value is -2.33. The van der Waals surface area contributed by atoms with Crippen molar-refractivity contribution in [1.29, 1.82) is 0 Å². The van der Waals surface area contributed by atoms with Crippen LogP contribution in [0.3, 0.4) is 0 Å². The maximum absolute atomic E-state index is 12.5. The smallest absolute Gasteiger partial charge is 0.411 e. The number of β-amino-alcohol motifs (C(OH)–C–C–N with tert-alkyl or cyclic N) is 1. The predicted molar refractivity (Wildman–Crippen MR) is 129 cm³/mol. The Bertz CT molecular complexity index is 967. The van der Waals surface area contributed by atoms with Crippen LogP contribution in [0.1, 0.15) is 70.1 Å². The first-order valence-corrected chi connectivity index (χ1v) is 11.7. The number of carbonyl (C=O) groups is 3. The van der Waals surface area contributed by atoms with Crippen LogP contribution < -0.4 is 10.6 Å². The van der Waals surface area contributed by atoms with Gasteiger partial charge in [-0.15, -0.1) is 0 Å². The molecule has 0 saturated heterocycles. The third kappa shape index (κ3) is 7.87. The van der Waals surface area contributed by atoms with E-state index in [1.807, 2.05) is 20.8 Å². The summed E-state index contributed by atoms with van der Waals surface area (Å²) in [7, 11) is 0. The average Bonchev–Trinajstić information content (AvgIpc) is 2.73. The molecule has 0 aliphatic heterocycles. The molecule has 1 amide bonds. The van der Waals surface area contributed by atoms with Crippen molar-refractivity contribution >= 4 is 52.5 Å². The molecule has 0 heterocycles. The van der Waals surface area contributed by atoms with Gasteiger partial charge in [0, 0.05) is 23.7 Å². The van der Waals surface area contributed by atoms with E-state index in [9.17, 15) is 29.7 Å². The Morgan fingerprint density at radius 2 is 1.79 bits per heavy atom. The highest BCUT2D eigenvalue weighted by molar-refractivity contribution is 6.42. The molecule has 11 heteroatoms. The molecule has 1 unspecified atom stereocenters. The van der Waals surface area contributed by atoms with Gasteiger partial charge in [-0.1, -0.05) is 29.6 Å². The number of ether oxygens (including phenoxy) is 1. The zero-order valence-corrected chi connectivity index (χ0v) is 20.8. The molecule has 1 saturated carbocycles. The molecule has 0 radical (unpaired) electrons. The van der Waals surface area contributed by atoms with Crippen molar-refractivity contribution in [3.63, 3.8) is 0 Å². The van der Waals surface area contributed by atoms with Crippen LogP contribution in [0.2, 0.25) is 10.0 Å². The van der Waals surface area contributed by atoms with Crippen LogP contribution in [0.4, 0.5) is 10.5 Å². The van der Waals surface area contributed by atoms with E-state index in [0.29, 0.717) is 6.08 Å². The van der Waals surface area contributed by atoms with Gasteiger partial charge in [-0.05, 0) is 58.1 Å². The Morgan fingerprint density at radius 3 is 2.32 bits per heavy atom. The number of nitrogens with one attached hydrogen (secondary N) is 2. The Kier molecular flexibility index (Phi) is 9.75. The zero-order chi connectivity index (χ0) is 25.6. The fraction of sp³-hybridized carbons (Fsp3) is 0.522. The van der Waals surface area contributed by atoms with Gasteiger partial charge in [0.1, 0.15) is 6.10 Å². The molecule has 1 fully saturated rings. The Balaban J connectivity index is 2.51. The van der Waals surface area contributed by atoms with E-state index in [0.717, 1.165) is 32.1 Å². The van der Waals surface area contributed by atoms with Crippen LogP contribution in [-0.4, -0.2) is 51.5 Å². The lowest BCUT2D eigenvalue weighted by atomic mass is 9.94. The van der Waals surface area contributed by atoms with Crippen molar-refractivity contribution in [3.8, 4) is 0 Å². The number of carbonyl (C=O) groups excluding carboxylic acids is 1. The summed E-state index contributed by atoms with van der Waals surface area (Å²) in [6.45, 7) is 5.62. The third-order valence-electron chi connectivity index (χ3n) is 5.25. The molecule has 1 aliphatic carbocycles. The molecule has 2 rings (SSSR count). The lowest BCUT2D eigenvalue weighted by Crippen LogP contribution is -2.38. The Morgan fingerprint density at radius 1 is 1.18 bits per heavy atom. The minimum atomic E-state index is -1.58. The van der Waals surface area contributed by atoms with Gasteiger partial charge in [0.15, 0.2) is 0 Å². The van der Waals surface area contributed by atoms with E-state index in [1.54, 1.807) is 0 Å². The second-order valence-corrected chi connectivity index (χ2v) is 9.94. The number of rotatable bonds is 8. The standard InChI is InChI=1S/C23H30Cl2N2O7/c1-23(2,3)26-11-16(28)13-9-15(24)20(27-22(33)34-12-7-5-4-6-8-12)19(25)18(13)14(21(31)32)10-17(29)30/h9-10,12,16,26,28H,4-8,11H2,1-3H3,(H,27,33)(H,29,30)(H,31,32)/b14-10-. The molecule has 1 aliphatic rings. The van der Waals surface area contributed by atoms with Crippen LogP contribution >= 0.6 is 23.2 Å². The number of amides is 1. The summed E-state index contributed by atoms with van der Waals surface area (Å²) in [5, 5.41) is 34.8. The Labute approximate surface area is 208 Å². The topological polar surface area (TPSA) is 145 Å². The molecule has 1 atom stereocenters. The van der Waals surface area contributed by atoms with Crippen LogP contribution in [0.15, 0.2) is 12.1 Å². The first-order chi connectivity index (χ1) is 15.8. The fourth-order valence-electron chi connectivity index (χ4n) is 3.63. The summed E-state index contributed by atoms with van der Waals surface area (Å²) in [5.41, 5.74) is -1.46. The van der Waals surface area contributed by atoms with Crippen molar-refractivity contribution in [1.82, 2.24) is 5.32 Å². The molecule has 0 bridgehead atoms. The van der Waals surface area contributed by atoms with Gasteiger partial charge in [0.05, 0.1) is 27.4 Å². The molecule has 5 N–H and O–H groups in total. The van der Waals surface area contributed by atoms with E-state index < -0.39 is 29.7 Å². The van der Waals surface area contributed by atoms with E-state index in [1.165, 1.54) is 6.07 Å². The van der Waals surface area contributed by atoms with E-state index in [4.69, 9.17) is 27.9 Å². The highest BCUT2D eigenvalue weighted by Gasteiger charge is 2.29. The summed E-state index contributed by atoms with van der Waals surface area (Å²) in [4.78, 5) is 35.7. The molecular formula is C23H30Cl2N2O7. The second kappa shape index (κ2) is 11.9. The first-order valence-electron chi connectivity index (χ1n) is 10.9. The monoisotopic (exact) mass is 516 g/mol. The normalized spacial score (nSPS) is 16.1. The number of aliphatic carboxylic acids is 2. The summed E-state index contributed by atoms with van der Waals surface area (Å²) in [6.07, 6.45) is 2.54. The zero-order valence-electron chi connectivity index (χ0n) is 19.3. The van der Waals surface area contributed by atoms with Crippen molar-refractivity contribution in [2.24, 2.45) is 0 Å². The summed E-state index contributed by atoms with van der Waals surface area (Å²) >= 11 is 12.8. The van der Waals surface area contributed by atoms with Crippen LogP contribution in [0.5, 0.6) is 0 Å². The quantitative estimate of drug-likeness (QED) is 0.308. The van der Waals surface area contributed by atoms with Crippen molar-refractivity contribution in [2.75, 3.05) is 11.9 Å². The minimum absolute atomic E-state index is 0.000372. The predicted octanol–water partition coefficient (Wildman–Crippen LogP) is 4.85. The molecule has 1 aromatic rings. The van der Waals surface area contributed by atoms with Gasteiger partial charge >= 0.3 is 18.0 Å². The molecular weight excluding hydrogens is 487 g/mol. The number of carboxylic acids is 2. The molecule has 188 valence electrons. The number of anilines is 1. The maximum Gasteiger partial charge on any atom is 0.411 e. The molecule has 0 aromatic heterocycles. The van der Waals surface area contributed by atoms with Crippen LogP contribution in [0.25, 0.3) is 5.57 Å². The number of aliphatic hydroxyl groups is 1. The van der Waals surface area contributed by atoms with E-state index in [2.05, 4.69) is 10.6 Å². The van der Waals surface area contributed by atoms with E-state index >= 15 is 0 Å². The SMILES string of the molecule is CC(C)(C)NCC(O)c1cc(Cl)c(NC(=O)OC2CCCCC2)c(Cl)c1/C(=C/C(=O)O)C(=O)O. The van der Waals surface area contributed by atoms with Crippen LogP contribution in [-0.2, 0) is 14.3 Å². The number of aliphatic hydroxyl groups excluding tert-OH is 1. The lowest BCUT2D eigenvalue weighted by Gasteiger charge is -2.26. The summed E-state index contributed by atoms with van der Waals surface area (Å²) in [6, 6.07) is 1.26. The van der Waals surface area contributed by atoms with Crippen molar-refractivity contribution in [3.05, 3.63) is 33.3 Å². The van der Waals surface area contributed by atoms with Gasteiger partial charge in [-0.3, -0.25) is 5.32 Å². The van der Waals surface area contributed by atoms with Crippen LogP contribution in [0, 0.1) is 0 Å². The number of benzene rings is 1. The lowest BCUT2D eigenvalue weighted by molar-refractivity contribution is -0.133. The summed E-state index contributed by atoms with van der Waals surface area (Å²) < 4.78 is 5.42. The van der Waals surface area contributed by atoms with Gasteiger partial charge in [0.25, 0.3) is 0 Å². The molecule has 9 nitrogen and oxygen atoms in total. The number of hydrogen-bond acceptors (Lipinski definition) is 6. The second-order valence-electron chi connectivity index (χ2n) is 9.15. The van der Waals surface area contributed by atoms with E-state index in [-0.39, 0.29) is 45.0 Å². The van der Waals surface area contributed by atoms with Crippen molar-refractivity contribution < 1.29 is 34.4 Å². The fourth-order valence-corrected chi connectivity index (χ4v) is 4.30. The average molecular weight is 517 g/mol. The number of hydrogen-bond donors (Lipinski definition) is 5. The first kappa shape index (κ1) is 27.9. The number of carboxylic acid groups (broad SMARTS) is 2. The maximum atomic E-state index is 12.5. The largest absolute Gasteiger partial charge is 0.478 e. The highest BCUT2D eigenvalue weighted by Crippen LogP contribution is 2.42. The molecule has 1 aromatic carbocycles. The minimum Gasteiger partial charge on any atom is -0.478 e. The van der Waals surface area contributed by atoms with Gasteiger partial charge in [-0.25, -0.2) is 14.4 Å². The molecule has 34 heavy (non-hydrogen) atoms. The van der Waals surface area contributed by atoms with Gasteiger partial charge in [0.2, 0.25) is 0 Å². The van der Waals surface area contributed by atoms with Gasteiger partial charge in [-0.2, -0.15) is 0 Å². The summed E-state index contributed by atoms with van der Waals surface area (Å²) in [5.74, 6) is -3.11. The molecule has 0 spiro atoms. The van der Waals surface area contributed by atoms with Gasteiger partial charge < -0.3 is 25.4 Å².